The molecule has 0 aliphatic carbocycles. The number of nitrogens with one attached hydrogen (secondary N) is 1. The van der Waals surface area contributed by atoms with Crippen LogP contribution in [0.5, 0.6) is 17.2 Å². The summed E-state index contributed by atoms with van der Waals surface area (Å²) in [6.45, 7) is 0. The first-order valence-electron chi connectivity index (χ1n) is 14.3. The highest BCUT2D eigenvalue weighted by Crippen LogP contribution is 2.58. The van der Waals surface area contributed by atoms with E-state index in [0.717, 1.165) is 11.3 Å². The molecule has 8 nitrogen and oxygen atoms in total. The van der Waals surface area contributed by atoms with Crippen LogP contribution in [0.3, 0.4) is 0 Å². The molecule has 44 heavy (non-hydrogen) atoms. The fourth-order valence-electron chi connectivity index (χ4n) is 7.21. The third-order valence-electron chi connectivity index (χ3n) is 9.14. The highest BCUT2D eigenvalue weighted by molar-refractivity contribution is 6.18. The number of hydrogen-bond donors (Lipinski definition) is 1. The molecule has 0 saturated carbocycles. The molecular formula is C36H30N2O6. The maximum atomic E-state index is 15.0. The smallest absolute Gasteiger partial charge is 0.238 e. The maximum absolute atomic E-state index is 15.0. The van der Waals surface area contributed by atoms with Gasteiger partial charge in [0.05, 0.1) is 33.3 Å². The molecule has 4 aromatic carbocycles. The van der Waals surface area contributed by atoms with Crippen molar-refractivity contribution in [3.8, 4) is 17.2 Å². The molecule has 0 unspecified atom stereocenters. The molecule has 220 valence electrons. The number of hydrogen-bond acceptors (Lipinski definition) is 7. The van der Waals surface area contributed by atoms with Gasteiger partial charge in [-0.1, -0.05) is 48.6 Å². The zero-order chi connectivity index (χ0) is 30.6. The van der Waals surface area contributed by atoms with Gasteiger partial charge >= 0.3 is 0 Å². The first-order valence-corrected chi connectivity index (χ1v) is 14.3. The van der Waals surface area contributed by atoms with Crippen LogP contribution in [0.2, 0.25) is 0 Å². The summed E-state index contributed by atoms with van der Waals surface area (Å²) in [5.41, 5.74) is 2.32. The van der Waals surface area contributed by atoms with Crippen LogP contribution in [0.15, 0.2) is 97.1 Å². The Morgan fingerprint density at radius 2 is 1.48 bits per heavy atom. The summed E-state index contributed by atoms with van der Waals surface area (Å²) in [5.74, 6) is -0.575. The zero-order valence-electron chi connectivity index (χ0n) is 24.4. The number of ether oxygens (including phenoxy) is 3. The Morgan fingerprint density at radius 3 is 2.23 bits per heavy atom. The minimum absolute atomic E-state index is 0.268. The van der Waals surface area contributed by atoms with Crippen LogP contribution in [0.4, 0.5) is 11.4 Å². The average molecular weight is 587 g/mol. The topological polar surface area (TPSA) is 94.2 Å². The van der Waals surface area contributed by atoms with Gasteiger partial charge in [0.15, 0.2) is 23.1 Å². The van der Waals surface area contributed by atoms with Gasteiger partial charge < -0.3 is 24.4 Å². The number of benzene rings is 4. The van der Waals surface area contributed by atoms with Crippen molar-refractivity contribution in [2.75, 3.05) is 31.5 Å². The molecule has 1 N–H and O–H groups in total. The third kappa shape index (κ3) is 3.80. The van der Waals surface area contributed by atoms with Crippen molar-refractivity contribution < 1.29 is 28.6 Å². The number of amides is 1. The summed E-state index contributed by atoms with van der Waals surface area (Å²) < 4.78 is 16.3. The van der Waals surface area contributed by atoms with Crippen molar-refractivity contribution in [2.24, 2.45) is 5.92 Å². The van der Waals surface area contributed by atoms with Crippen molar-refractivity contribution >= 4 is 34.9 Å². The molecule has 1 saturated heterocycles. The minimum Gasteiger partial charge on any atom is -0.497 e. The minimum atomic E-state index is -1.41. The Morgan fingerprint density at radius 1 is 0.773 bits per heavy atom. The molecule has 4 aromatic rings. The van der Waals surface area contributed by atoms with Gasteiger partial charge in [-0.15, -0.1) is 0 Å². The number of carbonyl (C=O) groups excluding carboxylic acids is 3. The van der Waals surface area contributed by atoms with Crippen molar-refractivity contribution in [1.82, 2.24) is 0 Å². The average Bonchev–Trinajstić information content (AvgIpc) is 3.55. The van der Waals surface area contributed by atoms with Crippen LogP contribution < -0.4 is 24.4 Å². The molecule has 7 rings (SSSR count). The van der Waals surface area contributed by atoms with E-state index in [0.29, 0.717) is 39.6 Å². The fraction of sp³-hybridized carbons (Fsp3) is 0.194. The molecular weight excluding hydrogens is 556 g/mol. The summed E-state index contributed by atoms with van der Waals surface area (Å²) in [6, 6.07) is 25.3. The SMILES string of the molecule is COc1ccc(C(=O)[C@@H]2[C@H](C(=O)c3ccc(OC)c(OC)c3)[C@@]3(C(=O)Nc4ccccc43)[C@@H]3C=Cc4ccccc4N23)cc1. The second-order valence-corrected chi connectivity index (χ2v) is 11.1. The van der Waals surface area contributed by atoms with E-state index < -0.39 is 23.4 Å². The van der Waals surface area contributed by atoms with E-state index >= 15 is 4.79 Å². The van der Waals surface area contributed by atoms with Crippen molar-refractivity contribution in [3.05, 3.63) is 119 Å². The van der Waals surface area contributed by atoms with E-state index in [1.165, 1.54) is 14.2 Å². The van der Waals surface area contributed by atoms with Gasteiger partial charge in [-0.25, -0.2) is 0 Å². The summed E-state index contributed by atoms with van der Waals surface area (Å²) in [4.78, 5) is 46.3. The van der Waals surface area contributed by atoms with Gasteiger partial charge in [0, 0.05) is 22.5 Å². The molecule has 1 fully saturated rings. The first kappa shape index (κ1) is 27.5. The molecule has 8 heteroatoms. The number of nitrogens with zero attached hydrogens (tertiary/aromatic N) is 1. The number of methoxy groups -OCH3 is 3. The normalized spacial score (nSPS) is 22.6. The van der Waals surface area contributed by atoms with E-state index in [1.54, 1.807) is 49.6 Å². The maximum Gasteiger partial charge on any atom is 0.238 e. The summed E-state index contributed by atoms with van der Waals surface area (Å²) >= 11 is 0. The number of para-hydroxylation sites is 2. The molecule has 3 aliphatic rings. The second-order valence-electron chi connectivity index (χ2n) is 11.1. The number of Topliss-reactive ketones (excluding diaryl/α,β-unsaturated/α-hetero) is 2. The van der Waals surface area contributed by atoms with E-state index in [1.807, 2.05) is 65.6 Å². The lowest BCUT2D eigenvalue weighted by molar-refractivity contribution is -0.121. The molecule has 1 spiro atoms. The van der Waals surface area contributed by atoms with Gasteiger partial charge in [0.2, 0.25) is 5.91 Å². The third-order valence-corrected chi connectivity index (χ3v) is 9.14. The molecule has 3 aliphatic heterocycles. The predicted molar refractivity (Wildman–Crippen MR) is 167 cm³/mol. The van der Waals surface area contributed by atoms with E-state index in [9.17, 15) is 9.59 Å². The molecule has 4 atom stereocenters. The van der Waals surface area contributed by atoms with Gasteiger partial charge in [0.1, 0.15) is 17.2 Å². The lowest BCUT2D eigenvalue weighted by atomic mass is 9.64. The lowest BCUT2D eigenvalue weighted by Crippen LogP contribution is -2.51. The first-order chi connectivity index (χ1) is 21.4. The van der Waals surface area contributed by atoms with Crippen molar-refractivity contribution in [2.45, 2.75) is 17.5 Å². The van der Waals surface area contributed by atoms with Crippen LogP contribution in [0.1, 0.15) is 31.8 Å². The van der Waals surface area contributed by atoms with E-state index in [-0.39, 0.29) is 17.5 Å². The fourth-order valence-corrected chi connectivity index (χ4v) is 7.21. The number of fused-ring (bicyclic) bond motifs is 6. The Labute approximate surface area is 254 Å². The van der Waals surface area contributed by atoms with Gasteiger partial charge in [-0.2, -0.15) is 0 Å². The quantitative estimate of drug-likeness (QED) is 0.283. The highest BCUT2D eigenvalue weighted by atomic mass is 16.5. The standard InChI is InChI=1S/C36H30N2O6/c1-42-24-16-12-22(13-17-24)34(40)32-31(33(39)23-14-18-28(43-2)29(20-23)44-3)36(25-9-5-6-10-26(25)37-35(36)41)30-19-15-21-8-4-7-11-27(21)38(30)32/h4-20,30-32H,1-3H3,(H,37,41)/t30-,31+,32-,36-/m0/s1. The number of rotatable bonds is 7. The highest BCUT2D eigenvalue weighted by Gasteiger charge is 2.70. The molecule has 0 aromatic heterocycles. The Hall–Kier alpha value is -5.37. The van der Waals surface area contributed by atoms with Crippen LogP contribution in [0, 0.1) is 5.92 Å². The molecule has 1 amide bonds. The zero-order valence-corrected chi connectivity index (χ0v) is 24.4. The van der Waals surface area contributed by atoms with E-state index in [4.69, 9.17) is 14.2 Å². The lowest BCUT2D eigenvalue weighted by Gasteiger charge is -2.37. The van der Waals surface area contributed by atoms with Gasteiger partial charge in [-0.05, 0) is 65.7 Å². The molecule has 3 heterocycles. The monoisotopic (exact) mass is 586 g/mol. The van der Waals surface area contributed by atoms with Crippen LogP contribution in [0.25, 0.3) is 6.08 Å². The van der Waals surface area contributed by atoms with E-state index in [2.05, 4.69) is 5.32 Å². The number of ketones is 2. The summed E-state index contributed by atoms with van der Waals surface area (Å²) in [6.07, 6.45) is 3.94. The summed E-state index contributed by atoms with van der Waals surface area (Å²) in [5, 5.41) is 3.05. The van der Waals surface area contributed by atoms with Crippen LogP contribution in [-0.2, 0) is 10.2 Å². The largest absolute Gasteiger partial charge is 0.497 e. The Kier molecular flexibility index (Phi) is 6.50. The predicted octanol–water partition coefficient (Wildman–Crippen LogP) is 5.57. The molecule has 0 bridgehead atoms. The van der Waals surface area contributed by atoms with Crippen LogP contribution in [-0.4, -0.2) is 50.9 Å². The summed E-state index contributed by atoms with van der Waals surface area (Å²) in [7, 11) is 4.59. The van der Waals surface area contributed by atoms with Crippen molar-refractivity contribution in [3.63, 3.8) is 0 Å². The van der Waals surface area contributed by atoms with Gasteiger partial charge in [-0.3, -0.25) is 14.4 Å². The second kappa shape index (κ2) is 10.4. The number of carbonyl (C=O) groups is 3. The van der Waals surface area contributed by atoms with Gasteiger partial charge in [0.25, 0.3) is 0 Å². The Bertz CT molecular complexity index is 1850. The Balaban J connectivity index is 1.51. The number of anilines is 2. The van der Waals surface area contributed by atoms with Crippen LogP contribution >= 0.6 is 0 Å². The molecule has 0 radical (unpaired) electrons. The van der Waals surface area contributed by atoms with Crippen molar-refractivity contribution in [1.29, 1.82) is 0 Å².